The van der Waals surface area contributed by atoms with Crippen LogP contribution in [0.4, 0.5) is 0 Å². The van der Waals surface area contributed by atoms with Gasteiger partial charge in [0.1, 0.15) is 0 Å². The molecule has 0 bridgehead atoms. The lowest BCUT2D eigenvalue weighted by Crippen LogP contribution is -1.78. The van der Waals surface area contributed by atoms with Crippen molar-refractivity contribution in [1.29, 1.82) is 0 Å². The molecule has 0 spiro atoms. The molecule has 0 saturated heterocycles. The van der Waals surface area contributed by atoms with Crippen LogP contribution in [0.1, 0.15) is 5.56 Å². The number of halogens is 1. The van der Waals surface area contributed by atoms with Crippen LogP contribution < -0.4 is 0 Å². The maximum atomic E-state index is 8.54. The second kappa shape index (κ2) is 4.16. The lowest BCUT2D eigenvalue weighted by Gasteiger charge is -1.95. The van der Waals surface area contributed by atoms with Gasteiger partial charge in [-0.25, -0.2) is 0 Å². The van der Waals surface area contributed by atoms with Crippen LogP contribution in [0.5, 0.6) is 0 Å². The van der Waals surface area contributed by atoms with Gasteiger partial charge >= 0.3 is 0 Å². The third-order valence-corrected chi connectivity index (χ3v) is 1.69. The van der Waals surface area contributed by atoms with Crippen LogP contribution in [0.15, 0.2) is 36.4 Å². The molecule has 1 nitrogen and oxygen atoms in total. The van der Waals surface area contributed by atoms with Crippen molar-refractivity contribution in [3.63, 3.8) is 0 Å². The molecule has 0 aliphatic rings. The van der Waals surface area contributed by atoms with Gasteiger partial charge in [-0.05, 0) is 11.6 Å². The number of aliphatic hydroxyl groups excluding tert-OH is 1. The zero-order valence-corrected chi connectivity index (χ0v) is 6.75. The van der Waals surface area contributed by atoms with Crippen molar-refractivity contribution >= 4 is 16.6 Å². The molecule has 0 atom stereocenters. The number of hydrogen-bond acceptors (Lipinski definition) is 1. The molecule has 0 heterocycles. The summed E-state index contributed by atoms with van der Waals surface area (Å²) in [5, 5.41) is 9.13. The second-order valence-electron chi connectivity index (χ2n) is 2.10. The van der Waals surface area contributed by atoms with Gasteiger partial charge in [0.15, 0.2) is 0 Å². The number of aliphatic hydroxyl groups is 1. The molecule has 0 radical (unpaired) electrons. The predicted molar refractivity (Wildman–Crippen MR) is 47.4 cm³/mol. The van der Waals surface area contributed by atoms with E-state index in [-0.39, 0.29) is 6.61 Å². The molecule has 1 aromatic rings. The van der Waals surface area contributed by atoms with Gasteiger partial charge in [-0.15, -0.1) is 0 Å². The van der Waals surface area contributed by atoms with Gasteiger partial charge in [0.25, 0.3) is 0 Å². The molecule has 1 aromatic carbocycles. The van der Waals surface area contributed by atoms with Crippen molar-refractivity contribution in [3.8, 4) is 0 Å². The third kappa shape index (κ3) is 2.37. The fraction of sp³-hybridized carbons (Fsp3) is 0.111. The van der Waals surface area contributed by atoms with Gasteiger partial charge in [0.2, 0.25) is 0 Å². The third-order valence-electron chi connectivity index (χ3n) is 1.32. The van der Waals surface area contributed by atoms with Crippen molar-refractivity contribution < 1.29 is 5.11 Å². The second-order valence-corrected chi connectivity index (χ2v) is 2.51. The molecule has 1 rings (SSSR count). The number of hydrogen-bond donors (Lipinski definition) is 1. The van der Waals surface area contributed by atoms with E-state index in [4.69, 9.17) is 16.7 Å². The summed E-state index contributed by atoms with van der Waals surface area (Å²) in [4.78, 5) is 0. The Bertz CT molecular complexity index is 241. The van der Waals surface area contributed by atoms with E-state index in [1.54, 1.807) is 6.08 Å². The molecule has 1 N–H and O–H groups in total. The summed E-state index contributed by atoms with van der Waals surface area (Å²) in [7, 11) is 0. The summed E-state index contributed by atoms with van der Waals surface area (Å²) in [5.41, 5.74) is 0.934. The van der Waals surface area contributed by atoms with Crippen molar-refractivity contribution in [3.05, 3.63) is 42.0 Å². The van der Waals surface area contributed by atoms with Crippen LogP contribution in [0.2, 0.25) is 0 Å². The number of benzene rings is 1. The molecule has 0 aliphatic carbocycles. The summed E-state index contributed by atoms with van der Waals surface area (Å²) in [6, 6.07) is 9.53. The lowest BCUT2D eigenvalue weighted by molar-refractivity contribution is 0.343. The van der Waals surface area contributed by atoms with E-state index < -0.39 is 0 Å². The SMILES string of the molecule is OC/C=C(/Cl)c1ccccc1. The van der Waals surface area contributed by atoms with Gasteiger partial charge in [-0.2, -0.15) is 0 Å². The molecular weight excluding hydrogens is 160 g/mol. The van der Waals surface area contributed by atoms with Crippen LogP contribution in [-0.4, -0.2) is 11.7 Å². The van der Waals surface area contributed by atoms with E-state index in [1.165, 1.54) is 0 Å². The first kappa shape index (κ1) is 8.31. The normalized spacial score (nSPS) is 11.6. The Labute approximate surface area is 70.9 Å². The van der Waals surface area contributed by atoms with Crippen LogP contribution >= 0.6 is 11.6 Å². The van der Waals surface area contributed by atoms with E-state index in [9.17, 15) is 0 Å². The fourth-order valence-corrected chi connectivity index (χ4v) is 0.990. The lowest BCUT2D eigenvalue weighted by atomic mass is 10.2. The molecule has 0 unspecified atom stereocenters. The summed E-state index contributed by atoms with van der Waals surface area (Å²) in [6.45, 7) is -0.0201. The minimum absolute atomic E-state index is 0.0201. The topological polar surface area (TPSA) is 20.2 Å². The van der Waals surface area contributed by atoms with Crippen LogP contribution in [0.3, 0.4) is 0 Å². The monoisotopic (exact) mass is 168 g/mol. The Kier molecular flexibility index (Phi) is 3.14. The number of rotatable bonds is 2. The van der Waals surface area contributed by atoms with E-state index in [1.807, 2.05) is 30.3 Å². The molecule has 0 aromatic heterocycles. The molecule has 0 amide bonds. The molecule has 0 saturated carbocycles. The van der Waals surface area contributed by atoms with E-state index in [0.717, 1.165) is 5.56 Å². The Morgan fingerprint density at radius 1 is 1.36 bits per heavy atom. The zero-order chi connectivity index (χ0) is 8.10. The Balaban J connectivity index is 2.85. The highest BCUT2D eigenvalue weighted by Crippen LogP contribution is 2.16. The van der Waals surface area contributed by atoms with Crippen LogP contribution in [0, 0.1) is 0 Å². The van der Waals surface area contributed by atoms with Crippen LogP contribution in [-0.2, 0) is 0 Å². The maximum absolute atomic E-state index is 8.54. The fourth-order valence-electron chi connectivity index (χ4n) is 0.795. The Hall–Kier alpha value is -0.790. The highest BCUT2D eigenvalue weighted by atomic mass is 35.5. The summed E-state index contributed by atoms with van der Waals surface area (Å²) >= 11 is 5.81. The zero-order valence-electron chi connectivity index (χ0n) is 6.00. The minimum Gasteiger partial charge on any atom is -0.392 e. The van der Waals surface area contributed by atoms with E-state index in [2.05, 4.69) is 0 Å². The molecule has 11 heavy (non-hydrogen) atoms. The molecule has 58 valence electrons. The van der Waals surface area contributed by atoms with Gasteiger partial charge in [0, 0.05) is 5.03 Å². The summed E-state index contributed by atoms with van der Waals surface area (Å²) in [5.74, 6) is 0. The minimum atomic E-state index is -0.0201. The predicted octanol–water partition coefficient (Wildman–Crippen LogP) is 2.26. The van der Waals surface area contributed by atoms with Gasteiger partial charge in [-0.1, -0.05) is 41.9 Å². The highest BCUT2D eigenvalue weighted by molar-refractivity contribution is 6.48. The molecule has 0 fully saturated rings. The van der Waals surface area contributed by atoms with Crippen molar-refractivity contribution in [2.24, 2.45) is 0 Å². The molecule has 2 heteroatoms. The average molecular weight is 169 g/mol. The van der Waals surface area contributed by atoms with Gasteiger partial charge < -0.3 is 5.11 Å². The Morgan fingerprint density at radius 3 is 2.55 bits per heavy atom. The molecule has 0 aliphatic heterocycles. The van der Waals surface area contributed by atoms with Crippen molar-refractivity contribution in [2.45, 2.75) is 0 Å². The summed E-state index contributed by atoms with van der Waals surface area (Å²) in [6.07, 6.45) is 1.57. The van der Waals surface area contributed by atoms with Gasteiger partial charge in [0.05, 0.1) is 6.61 Å². The standard InChI is InChI=1S/C9H9ClO/c10-9(6-7-11)8-4-2-1-3-5-8/h1-6,11H,7H2/b9-6+. The smallest absolute Gasteiger partial charge is 0.0629 e. The first-order valence-electron chi connectivity index (χ1n) is 3.36. The first-order chi connectivity index (χ1) is 5.34. The van der Waals surface area contributed by atoms with Gasteiger partial charge in [-0.3, -0.25) is 0 Å². The largest absolute Gasteiger partial charge is 0.392 e. The van der Waals surface area contributed by atoms with Crippen molar-refractivity contribution in [1.82, 2.24) is 0 Å². The van der Waals surface area contributed by atoms with E-state index in [0.29, 0.717) is 5.03 Å². The van der Waals surface area contributed by atoms with Crippen molar-refractivity contribution in [2.75, 3.05) is 6.61 Å². The highest BCUT2D eigenvalue weighted by Gasteiger charge is 1.93. The first-order valence-corrected chi connectivity index (χ1v) is 3.74. The quantitative estimate of drug-likeness (QED) is 0.718. The van der Waals surface area contributed by atoms with E-state index >= 15 is 0 Å². The summed E-state index contributed by atoms with van der Waals surface area (Å²) < 4.78 is 0. The average Bonchev–Trinajstić information content (AvgIpc) is 2.07. The Morgan fingerprint density at radius 2 is 2.00 bits per heavy atom. The van der Waals surface area contributed by atoms with Crippen LogP contribution in [0.25, 0.3) is 5.03 Å². The molecular formula is C9H9ClO. The maximum Gasteiger partial charge on any atom is 0.0629 e.